The van der Waals surface area contributed by atoms with Crippen LogP contribution in [-0.2, 0) is 0 Å². The van der Waals surface area contributed by atoms with E-state index in [2.05, 4.69) is 25.8 Å². The first-order valence-electron chi connectivity index (χ1n) is 6.36. The fourth-order valence-electron chi connectivity index (χ4n) is 2.56. The van der Waals surface area contributed by atoms with Crippen LogP contribution in [0.2, 0.25) is 5.02 Å². The van der Waals surface area contributed by atoms with E-state index >= 15 is 0 Å². The first-order valence-corrected chi connectivity index (χ1v) is 7.86. The molecule has 1 aromatic rings. The Morgan fingerprint density at radius 2 is 2.11 bits per heavy atom. The summed E-state index contributed by atoms with van der Waals surface area (Å²) in [6.45, 7) is 0.774. The van der Waals surface area contributed by atoms with Gasteiger partial charge in [-0.1, -0.05) is 46.8 Å². The average Bonchev–Trinajstić information content (AvgIpc) is 2.38. The Kier molecular flexibility index (Phi) is 5.25. The normalized spacial score (nSPS) is 16.8. The van der Waals surface area contributed by atoms with Crippen molar-refractivity contribution < 1.29 is 4.39 Å². The van der Waals surface area contributed by atoms with Crippen molar-refractivity contribution in [1.29, 1.82) is 0 Å². The minimum absolute atomic E-state index is 0.325. The molecule has 0 amide bonds. The van der Waals surface area contributed by atoms with Crippen LogP contribution in [0.15, 0.2) is 12.3 Å². The predicted octanol–water partition coefficient (Wildman–Crippen LogP) is 4.41. The van der Waals surface area contributed by atoms with Gasteiger partial charge in [-0.25, -0.2) is 9.37 Å². The third-order valence-electron chi connectivity index (χ3n) is 3.40. The third-order valence-corrected chi connectivity index (χ3v) is 3.96. The summed E-state index contributed by atoms with van der Waals surface area (Å²) in [5.74, 6) is 0.111. The van der Waals surface area contributed by atoms with Crippen LogP contribution in [0.4, 0.5) is 10.2 Å². The lowest BCUT2D eigenvalue weighted by Crippen LogP contribution is -2.39. The summed E-state index contributed by atoms with van der Waals surface area (Å²) < 4.78 is 14.0. The summed E-state index contributed by atoms with van der Waals surface area (Å²) >= 11 is 9.19. The van der Waals surface area contributed by atoms with Gasteiger partial charge in [0.2, 0.25) is 0 Å². The topological polar surface area (TPSA) is 16.1 Å². The number of rotatable bonds is 4. The van der Waals surface area contributed by atoms with Gasteiger partial charge in [0, 0.05) is 24.1 Å². The van der Waals surface area contributed by atoms with Crippen molar-refractivity contribution >= 4 is 33.3 Å². The Balaban J connectivity index is 2.22. The SMILES string of the molecule is Fc1cc(Cl)cnc1N(CCBr)C1CCCCC1. The highest BCUT2D eigenvalue weighted by Gasteiger charge is 2.24. The molecule has 1 aliphatic carbocycles. The van der Waals surface area contributed by atoms with Crippen LogP contribution < -0.4 is 4.90 Å². The monoisotopic (exact) mass is 334 g/mol. The summed E-state index contributed by atoms with van der Waals surface area (Å²) in [5, 5.41) is 1.16. The Hall–Kier alpha value is -0.350. The fraction of sp³-hybridized carbons (Fsp3) is 0.615. The molecule has 18 heavy (non-hydrogen) atoms. The van der Waals surface area contributed by atoms with E-state index in [-0.39, 0.29) is 5.82 Å². The van der Waals surface area contributed by atoms with Crippen molar-refractivity contribution in [2.75, 3.05) is 16.8 Å². The van der Waals surface area contributed by atoms with Gasteiger partial charge in [-0.3, -0.25) is 0 Å². The van der Waals surface area contributed by atoms with Crippen molar-refractivity contribution in [1.82, 2.24) is 4.98 Å². The van der Waals surface area contributed by atoms with Crippen LogP contribution in [0.5, 0.6) is 0 Å². The van der Waals surface area contributed by atoms with Crippen LogP contribution in [0.25, 0.3) is 0 Å². The Morgan fingerprint density at radius 1 is 1.39 bits per heavy atom. The number of aromatic nitrogens is 1. The van der Waals surface area contributed by atoms with Crippen LogP contribution in [-0.4, -0.2) is 22.9 Å². The molecule has 2 nitrogen and oxygen atoms in total. The van der Waals surface area contributed by atoms with E-state index in [0.717, 1.165) is 24.7 Å². The summed E-state index contributed by atoms with van der Waals surface area (Å²) in [5.41, 5.74) is 0. The zero-order valence-corrected chi connectivity index (χ0v) is 12.6. The molecule has 100 valence electrons. The Morgan fingerprint density at radius 3 is 2.72 bits per heavy atom. The number of hydrogen-bond acceptors (Lipinski definition) is 2. The molecular weight excluding hydrogens is 319 g/mol. The molecule has 5 heteroatoms. The van der Waals surface area contributed by atoms with Gasteiger partial charge in [-0.15, -0.1) is 0 Å². The van der Waals surface area contributed by atoms with Gasteiger partial charge in [0.1, 0.15) is 0 Å². The second-order valence-corrected chi connectivity index (χ2v) is 5.86. The lowest BCUT2D eigenvalue weighted by Gasteiger charge is -2.35. The zero-order chi connectivity index (χ0) is 13.0. The van der Waals surface area contributed by atoms with Crippen LogP contribution >= 0.6 is 27.5 Å². The number of anilines is 1. The molecule has 1 fully saturated rings. The number of halogens is 3. The highest BCUT2D eigenvalue weighted by atomic mass is 79.9. The van der Waals surface area contributed by atoms with Gasteiger partial charge in [-0.2, -0.15) is 0 Å². The minimum atomic E-state index is -0.325. The van der Waals surface area contributed by atoms with Gasteiger partial charge < -0.3 is 4.90 Å². The van der Waals surface area contributed by atoms with Crippen LogP contribution in [0, 0.1) is 5.82 Å². The van der Waals surface area contributed by atoms with Crippen molar-refractivity contribution in [2.45, 2.75) is 38.1 Å². The van der Waals surface area contributed by atoms with E-state index < -0.39 is 0 Å². The molecule has 0 atom stereocenters. The van der Waals surface area contributed by atoms with E-state index in [4.69, 9.17) is 11.6 Å². The first kappa shape index (κ1) is 14.1. The molecule has 2 rings (SSSR count). The largest absolute Gasteiger partial charge is 0.350 e. The molecule has 0 bridgehead atoms. The van der Waals surface area contributed by atoms with Gasteiger partial charge >= 0.3 is 0 Å². The highest BCUT2D eigenvalue weighted by Crippen LogP contribution is 2.28. The van der Waals surface area contributed by atoms with Gasteiger partial charge in [0.25, 0.3) is 0 Å². The van der Waals surface area contributed by atoms with Gasteiger partial charge in [0.15, 0.2) is 11.6 Å². The van der Waals surface area contributed by atoms with E-state index in [1.165, 1.54) is 31.5 Å². The standard InChI is InChI=1S/C13H17BrClFN2/c14-6-7-18(11-4-2-1-3-5-11)13-12(16)8-10(15)9-17-13/h8-9,11H,1-7H2. The zero-order valence-electron chi connectivity index (χ0n) is 10.2. The molecule has 0 unspecified atom stereocenters. The van der Waals surface area contributed by atoms with Crippen molar-refractivity contribution in [2.24, 2.45) is 0 Å². The summed E-state index contributed by atoms with van der Waals surface area (Å²) in [4.78, 5) is 6.25. The molecule has 1 heterocycles. The molecule has 0 aliphatic heterocycles. The molecule has 0 aromatic carbocycles. The van der Waals surface area contributed by atoms with E-state index in [1.807, 2.05) is 0 Å². The number of pyridine rings is 1. The second kappa shape index (κ2) is 6.71. The maximum Gasteiger partial charge on any atom is 0.167 e. The van der Waals surface area contributed by atoms with E-state index in [0.29, 0.717) is 16.9 Å². The Labute approximate surface area is 121 Å². The summed E-state index contributed by atoms with van der Waals surface area (Å²) in [6, 6.07) is 1.74. The van der Waals surface area contributed by atoms with E-state index in [1.54, 1.807) is 0 Å². The maximum absolute atomic E-state index is 14.0. The molecule has 0 radical (unpaired) electrons. The first-order chi connectivity index (χ1) is 8.72. The minimum Gasteiger partial charge on any atom is -0.350 e. The van der Waals surface area contributed by atoms with E-state index in [9.17, 15) is 4.39 Å². The maximum atomic E-state index is 14.0. The Bertz CT molecular complexity index is 397. The number of alkyl halides is 1. The fourth-order valence-corrected chi connectivity index (χ4v) is 3.09. The van der Waals surface area contributed by atoms with Gasteiger partial charge in [0.05, 0.1) is 5.02 Å². The molecule has 1 aromatic heterocycles. The second-order valence-electron chi connectivity index (χ2n) is 4.63. The highest BCUT2D eigenvalue weighted by molar-refractivity contribution is 9.09. The summed E-state index contributed by atoms with van der Waals surface area (Å²) in [7, 11) is 0. The third kappa shape index (κ3) is 3.35. The lowest BCUT2D eigenvalue weighted by atomic mass is 9.94. The predicted molar refractivity (Wildman–Crippen MR) is 77.2 cm³/mol. The summed E-state index contributed by atoms with van der Waals surface area (Å²) in [6.07, 6.45) is 7.49. The van der Waals surface area contributed by atoms with Crippen molar-refractivity contribution in [3.63, 3.8) is 0 Å². The van der Waals surface area contributed by atoms with Crippen molar-refractivity contribution in [3.05, 3.63) is 23.1 Å². The average molecular weight is 336 g/mol. The van der Waals surface area contributed by atoms with Crippen LogP contribution in [0.1, 0.15) is 32.1 Å². The number of nitrogens with zero attached hydrogens (tertiary/aromatic N) is 2. The molecule has 1 aliphatic rings. The molecule has 0 saturated heterocycles. The molecule has 1 saturated carbocycles. The van der Waals surface area contributed by atoms with Crippen molar-refractivity contribution in [3.8, 4) is 0 Å². The smallest absolute Gasteiger partial charge is 0.167 e. The van der Waals surface area contributed by atoms with Crippen LogP contribution in [0.3, 0.4) is 0 Å². The molecule has 0 N–H and O–H groups in total. The molecule has 0 spiro atoms. The molecular formula is C13H17BrClFN2. The lowest BCUT2D eigenvalue weighted by molar-refractivity contribution is 0.413. The number of hydrogen-bond donors (Lipinski definition) is 0. The quantitative estimate of drug-likeness (QED) is 0.758. The van der Waals surface area contributed by atoms with Gasteiger partial charge in [-0.05, 0) is 18.9 Å².